The summed E-state index contributed by atoms with van der Waals surface area (Å²) in [7, 11) is 0. The third-order valence-electron chi connectivity index (χ3n) is 3.52. The highest BCUT2D eigenvalue weighted by Gasteiger charge is 2.32. The van der Waals surface area contributed by atoms with E-state index in [2.05, 4.69) is 0 Å². The van der Waals surface area contributed by atoms with Crippen LogP contribution in [0.1, 0.15) is 18.7 Å². The van der Waals surface area contributed by atoms with Crippen molar-refractivity contribution in [3.63, 3.8) is 0 Å². The van der Waals surface area contributed by atoms with Crippen LogP contribution in [-0.2, 0) is 4.79 Å². The fraction of sp³-hybridized carbons (Fsp3) is 0.188. The number of halogens is 1. The number of hydrogen-bond acceptors (Lipinski definition) is 1. The maximum Gasteiger partial charge on any atom is 0.266 e. The standard InChI is InChI=1S/C16H14FNO/c1-2-18-14-10-6-5-8-12(14)11-7-3-4-9-13(11)15(17)16(18)19/h3-10,15H,2H2,1H3/t15-/m0/s1. The molecule has 3 rings (SSSR count). The first-order valence-electron chi connectivity index (χ1n) is 6.37. The quantitative estimate of drug-likeness (QED) is 0.760. The summed E-state index contributed by atoms with van der Waals surface area (Å²) >= 11 is 0. The van der Waals surface area contributed by atoms with E-state index in [1.807, 2.05) is 43.3 Å². The largest absolute Gasteiger partial charge is 0.309 e. The van der Waals surface area contributed by atoms with Crippen LogP contribution < -0.4 is 4.90 Å². The predicted molar refractivity (Wildman–Crippen MR) is 73.8 cm³/mol. The molecule has 1 atom stereocenters. The van der Waals surface area contributed by atoms with Gasteiger partial charge in [0.1, 0.15) is 0 Å². The minimum Gasteiger partial charge on any atom is -0.309 e. The number of nitrogens with zero attached hydrogens (tertiary/aromatic N) is 1. The van der Waals surface area contributed by atoms with Gasteiger partial charge >= 0.3 is 0 Å². The van der Waals surface area contributed by atoms with Crippen molar-refractivity contribution in [2.24, 2.45) is 0 Å². The monoisotopic (exact) mass is 255 g/mol. The lowest BCUT2D eigenvalue weighted by Gasteiger charge is -2.21. The van der Waals surface area contributed by atoms with E-state index in [0.717, 1.165) is 16.8 Å². The average molecular weight is 255 g/mol. The van der Waals surface area contributed by atoms with Crippen molar-refractivity contribution in [1.82, 2.24) is 0 Å². The molecule has 2 nitrogen and oxygen atoms in total. The van der Waals surface area contributed by atoms with E-state index in [4.69, 9.17) is 0 Å². The van der Waals surface area contributed by atoms with Gasteiger partial charge in [0, 0.05) is 17.7 Å². The van der Waals surface area contributed by atoms with E-state index in [1.54, 1.807) is 12.1 Å². The number of carbonyl (C=O) groups is 1. The summed E-state index contributed by atoms with van der Waals surface area (Å²) in [5.74, 6) is -0.486. The zero-order chi connectivity index (χ0) is 13.4. The van der Waals surface area contributed by atoms with E-state index in [-0.39, 0.29) is 0 Å². The maximum absolute atomic E-state index is 14.4. The molecule has 0 saturated heterocycles. The third-order valence-corrected chi connectivity index (χ3v) is 3.52. The van der Waals surface area contributed by atoms with Crippen LogP contribution in [0.15, 0.2) is 48.5 Å². The van der Waals surface area contributed by atoms with Crippen molar-refractivity contribution < 1.29 is 9.18 Å². The molecule has 2 aromatic carbocycles. The normalized spacial score (nSPS) is 17.7. The van der Waals surface area contributed by atoms with Crippen LogP contribution in [0.4, 0.5) is 10.1 Å². The Labute approximate surface area is 111 Å². The van der Waals surface area contributed by atoms with Gasteiger partial charge in [-0.15, -0.1) is 0 Å². The fourth-order valence-electron chi connectivity index (χ4n) is 2.61. The summed E-state index contributed by atoms with van der Waals surface area (Å²) in [5, 5.41) is 0. The van der Waals surface area contributed by atoms with Crippen LogP contribution in [0.2, 0.25) is 0 Å². The molecule has 0 bridgehead atoms. The van der Waals surface area contributed by atoms with Gasteiger partial charge in [-0.05, 0) is 18.6 Å². The second-order valence-electron chi connectivity index (χ2n) is 4.55. The van der Waals surface area contributed by atoms with Crippen LogP contribution >= 0.6 is 0 Å². The number of para-hydroxylation sites is 1. The second kappa shape index (κ2) is 4.50. The first kappa shape index (κ1) is 11.9. The molecule has 0 saturated carbocycles. The Morgan fingerprint density at radius 3 is 2.42 bits per heavy atom. The number of hydrogen-bond donors (Lipinski definition) is 0. The maximum atomic E-state index is 14.4. The van der Waals surface area contributed by atoms with Crippen molar-refractivity contribution in [1.29, 1.82) is 0 Å². The molecule has 1 aliphatic heterocycles. The second-order valence-corrected chi connectivity index (χ2v) is 4.55. The molecule has 0 aromatic heterocycles. The van der Waals surface area contributed by atoms with Gasteiger partial charge in [0.2, 0.25) is 6.17 Å². The summed E-state index contributed by atoms with van der Waals surface area (Å²) in [4.78, 5) is 13.8. The number of carbonyl (C=O) groups excluding carboxylic acids is 1. The zero-order valence-electron chi connectivity index (χ0n) is 10.6. The molecule has 0 radical (unpaired) electrons. The summed E-state index contributed by atoms with van der Waals surface area (Å²) < 4.78 is 14.4. The first-order valence-corrected chi connectivity index (χ1v) is 6.37. The smallest absolute Gasteiger partial charge is 0.266 e. The van der Waals surface area contributed by atoms with Crippen molar-refractivity contribution in [2.45, 2.75) is 13.1 Å². The Morgan fingerprint density at radius 2 is 1.68 bits per heavy atom. The van der Waals surface area contributed by atoms with Crippen LogP contribution in [0.25, 0.3) is 11.1 Å². The molecule has 0 N–H and O–H groups in total. The highest BCUT2D eigenvalue weighted by molar-refractivity contribution is 6.04. The van der Waals surface area contributed by atoms with Gasteiger partial charge in [-0.2, -0.15) is 0 Å². The molecule has 0 unspecified atom stereocenters. The Morgan fingerprint density at radius 1 is 1.05 bits per heavy atom. The summed E-state index contributed by atoms with van der Waals surface area (Å²) in [6.07, 6.45) is -1.59. The number of likely N-dealkylation sites (N-methyl/N-ethyl adjacent to an activating group) is 1. The van der Waals surface area contributed by atoms with Gasteiger partial charge in [0.25, 0.3) is 5.91 Å². The fourth-order valence-corrected chi connectivity index (χ4v) is 2.61. The van der Waals surface area contributed by atoms with Gasteiger partial charge in [0.05, 0.1) is 5.69 Å². The molecular formula is C16H14FNO. The minimum atomic E-state index is -1.59. The molecule has 2 aromatic rings. The third kappa shape index (κ3) is 1.73. The lowest BCUT2D eigenvalue weighted by atomic mass is 9.97. The first-order chi connectivity index (χ1) is 9.24. The molecule has 0 aliphatic carbocycles. The molecule has 1 aliphatic rings. The minimum absolute atomic E-state index is 0.455. The van der Waals surface area contributed by atoms with Gasteiger partial charge in [-0.3, -0.25) is 4.79 Å². The van der Waals surface area contributed by atoms with E-state index < -0.39 is 12.1 Å². The number of anilines is 1. The van der Waals surface area contributed by atoms with Gasteiger partial charge in [0.15, 0.2) is 0 Å². The van der Waals surface area contributed by atoms with Crippen molar-refractivity contribution in [3.8, 4) is 11.1 Å². The molecular weight excluding hydrogens is 241 g/mol. The van der Waals surface area contributed by atoms with Crippen LogP contribution in [0, 0.1) is 0 Å². The highest BCUT2D eigenvalue weighted by Crippen LogP contribution is 2.40. The molecule has 1 heterocycles. The van der Waals surface area contributed by atoms with E-state index in [0.29, 0.717) is 12.1 Å². The Hall–Kier alpha value is -2.16. The van der Waals surface area contributed by atoms with E-state index in [1.165, 1.54) is 4.90 Å². The van der Waals surface area contributed by atoms with E-state index in [9.17, 15) is 9.18 Å². The van der Waals surface area contributed by atoms with Crippen molar-refractivity contribution >= 4 is 11.6 Å². The molecule has 1 amide bonds. The Kier molecular flexibility index (Phi) is 2.82. The molecule has 0 spiro atoms. The van der Waals surface area contributed by atoms with Gasteiger partial charge in [-0.1, -0.05) is 42.5 Å². The highest BCUT2D eigenvalue weighted by atomic mass is 19.1. The lowest BCUT2D eigenvalue weighted by Crippen LogP contribution is -2.32. The van der Waals surface area contributed by atoms with Gasteiger partial charge in [-0.25, -0.2) is 4.39 Å². The predicted octanol–water partition coefficient (Wildman–Crippen LogP) is 3.73. The molecule has 3 heteroatoms. The SMILES string of the molecule is CCN1C(=O)[C@@H](F)c2ccccc2-c2ccccc21. The van der Waals surface area contributed by atoms with Crippen molar-refractivity contribution in [2.75, 3.05) is 11.4 Å². The Balaban J connectivity index is 2.34. The number of alkyl halides is 1. The average Bonchev–Trinajstić information content (AvgIpc) is 2.55. The number of benzene rings is 2. The molecule has 96 valence electrons. The van der Waals surface area contributed by atoms with Crippen LogP contribution in [0.3, 0.4) is 0 Å². The van der Waals surface area contributed by atoms with E-state index >= 15 is 0 Å². The lowest BCUT2D eigenvalue weighted by molar-refractivity contribution is -0.123. The molecule has 19 heavy (non-hydrogen) atoms. The topological polar surface area (TPSA) is 20.3 Å². The van der Waals surface area contributed by atoms with Crippen molar-refractivity contribution in [3.05, 3.63) is 54.1 Å². The summed E-state index contributed by atoms with van der Waals surface area (Å²) in [6, 6.07) is 14.8. The zero-order valence-corrected chi connectivity index (χ0v) is 10.6. The number of fused-ring (bicyclic) bond motifs is 3. The summed E-state index contributed by atoms with van der Waals surface area (Å²) in [5.41, 5.74) is 2.95. The summed E-state index contributed by atoms with van der Waals surface area (Å²) in [6.45, 7) is 2.32. The number of rotatable bonds is 1. The van der Waals surface area contributed by atoms with Crippen LogP contribution in [-0.4, -0.2) is 12.5 Å². The Bertz CT molecular complexity index is 638. The number of amides is 1. The molecule has 0 fully saturated rings. The van der Waals surface area contributed by atoms with Crippen LogP contribution in [0.5, 0.6) is 0 Å². The van der Waals surface area contributed by atoms with Gasteiger partial charge < -0.3 is 4.90 Å².